The normalized spacial score (nSPS) is 10.8. The lowest BCUT2D eigenvalue weighted by atomic mass is 10.2. The average molecular weight is 412 g/mol. The Labute approximate surface area is 169 Å². The van der Waals surface area contributed by atoms with Crippen LogP contribution in [0.5, 0.6) is 0 Å². The smallest absolute Gasteiger partial charge is 0.305 e. The van der Waals surface area contributed by atoms with Gasteiger partial charge in [0.2, 0.25) is 0 Å². The average Bonchev–Trinajstić information content (AvgIpc) is 3.29. The number of hydrogen-bond acceptors (Lipinski definition) is 5. The highest BCUT2D eigenvalue weighted by molar-refractivity contribution is 7.17. The van der Waals surface area contributed by atoms with E-state index in [1.54, 1.807) is 31.2 Å². The molecule has 0 bridgehead atoms. The quantitative estimate of drug-likeness (QED) is 0.483. The highest BCUT2D eigenvalue weighted by atomic mass is 35.5. The third-order valence-electron chi connectivity index (χ3n) is 4.02. The molecular formula is C20H14ClN3O3S. The molecule has 0 saturated carbocycles. The summed E-state index contributed by atoms with van der Waals surface area (Å²) in [5, 5.41) is 1.99. The number of amides is 2. The minimum Gasteiger partial charge on any atom is -0.451 e. The zero-order valence-corrected chi connectivity index (χ0v) is 16.2. The first kappa shape index (κ1) is 18.2. The highest BCUT2D eigenvalue weighted by Crippen LogP contribution is 2.27. The second kappa shape index (κ2) is 7.46. The van der Waals surface area contributed by atoms with Crippen LogP contribution in [0.4, 0.5) is 0 Å². The van der Waals surface area contributed by atoms with Crippen molar-refractivity contribution in [2.75, 3.05) is 0 Å². The Kier molecular flexibility index (Phi) is 4.85. The van der Waals surface area contributed by atoms with Crippen LogP contribution in [0, 0.1) is 6.92 Å². The van der Waals surface area contributed by atoms with E-state index in [1.165, 1.54) is 11.3 Å². The summed E-state index contributed by atoms with van der Waals surface area (Å²) < 4.78 is 5.48. The topological polar surface area (TPSA) is 84.2 Å². The number of nitrogens with zero attached hydrogens (tertiary/aromatic N) is 1. The molecule has 4 rings (SSSR count). The molecule has 4 aromatic rings. The lowest BCUT2D eigenvalue weighted by molar-refractivity contribution is 0.0833. The fraction of sp³-hybridized carbons (Fsp3) is 0.0500. The van der Waals surface area contributed by atoms with Crippen LogP contribution in [-0.2, 0) is 0 Å². The third-order valence-corrected chi connectivity index (χ3v) is 5.46. The predicted octanol–water partition coefficient (Wildman–Crippen LogP) is 4.59. The number of hydrazine groups is 1. The van der Waals surface area contributed by atoms with Crippen LogP contribution < -0.4 is 10.9 Å². The zero-order chi connectivity index (χ0) is 19.7. The number of carbonyl (C=O) groups excluding carboxylic acids is 2. The number of aromatic nitrogens is 1. The minimum absolute atomic E-state index is 0.0727. The van der Waals surface area contributed by atoms with Gasteiger partial charge in [-0.15, -0.1) is 11.3 Å². The summed E-state index contributed by atoms with van der Waals surface area (Å²) in [7, 11) is 0. The van der Waals surface area contributed by atoms with Crippen molar-refractivity contribution in [2.24, 2.45) is 0 Å². The summed E-state index contributed by atoms with van der Waals surface area (Å²) in [6.07, 6.45) is 0. The molecule has 0 atom stereocenters. The fourth-order valence-corrected chi connectivity index (χ4v) is 3.82. The maximum atomic E-state index is 12.5. The number of rotatable bonds is 3. The second-order valence-corrected chi connectivity index (χ2v) is 7.44. The maximum absolute atomic E-state index is 12.5. The van der Waals surface area contributed by atoms with E-state index in [4.69, 9.17) is 16.0 Å². The first-order valence-corrected chi connectivity index (χ1v) is 9.53. The van der Waals surface area contributed by atoms with Gasteiger partial charge in [0.1, 0.15) is 15.5 Å². The van der Waals surface area contributed by atoms with Crippen molar-refractivity contribution >= 4 is 45.7 Å². The summed E-state index contributed by atoms with van der Waals surface area (Å²) in [5.74, 6) is -0.931. The second-order valence-electron chi connectivity index (χ2n) is 6.00. The number of halogens is 1. The Morgan fingerprint density at radius 2 is 1.79 bits per heavy atom. The van der Waals surface area contributed by atoms with Gasteiger partial charge in [-0.1, -0.05) is 41.9 Å². The van der Waals surface area contributed by atoms with E-state index in [2.05, 4.69) is 15.8 Å². The van der Waals surface area contributed by atoms with E-state index in [0.29, 0.717) is 26.6 Å². The van der Waals surface area contributed by atoms with Gasteiger partial charge in [0.25, 0.3) is 5.91 Å². The standard InChI is InChI=1S/C20H14ClN3O3S/c1-11-17(28-20(22-11)12-5-3-2-4-6-12)19(26)24-23-18(25)16-10-13-9-14(21)7-8-15(13)27-16/h2-10H,1H3,(H,23,25)(H,24,26). The third kappa shape index (κ3) is 3.62. The van der Waals surface area contributed by atoms with Gasteiger partial charge in [-0.3, -0.25) is 20.4 Å². The molecule has 6 nitrogen and oxygen atoms in total. The van der Waals surface area contributed by atoms with Crippen LogP contribution in [-0.4, -0.2) is 16.8 Å². The van der Waals surface area contributed by atoms with Crippen molar-refractivity contribution in [3.8, 4) is 10.6 Å². The van der Waals surface area contributed by atoms with Crippen LogP contribution in [0.1, 0.15) is 25.9 Å². The fourth-order valence-electron chi connectivity index (χ4n) is 2.67. The molecular weight excluding hydrogens is 398 g/mol. The minimum atomic E-state index is -0.564. The van der Waals surface area contributed by atoms with E-state index >= 15 is 0 Å². The highest BCUT2D eigenvalue weighted by Gasteiger charge is 2.18. The van der Waals surface area contributed by atoms with Gasteiger partial charge in [-0.2, -0.15) is 0 Å². The number of nitrogens with one attached hydrogen (secondary N) is 2. The van der Waals surface area contributed by atoms with E-state index in [9.17, 15) is 9.59 Å². The summed E-state index contributed by atoms with van der Waals surface area (Å²) in [6, 6.07) is 16.2. The molecule has 0 fully saturated rings. The molecule has 0 aliphatic heterocycles. The molecule has 0 unspecified atom stereocenters. The Bertz CT molecular complexity index is 1180. The molecule has 0 aliphatic carbocycles. The number of carbonyl (C=O) groups is 2. The van der Waals surface area contributed by atoms with E-state index in [0.717, 1.165) is 10.6 Å². The maximum Gasteiger partial charge on any atom is 0.305 e. The van der Waals surface area contributed by atoms with Crippen molar-refractivity contribution in [1.29, 1.82) is 0 Å². The number of thiazole rings is 1. The molecule has 140 valence electrons. The van der Waals surface area contributed by atoms with Gasteiger partial charge in [0.15, 0.2) is 5.76 Å². The van der Waals surface area contributed by atoms with E-state index in [-0.39, 0.29) is 5.76 Å². The van der Waals surface area contributed by atoms with Gasteiger partial charge in [0, 0.05) is 16.0 Å². The number of hydrogen-bond donors (Lipinski definition) is 2. The van der Waals surface area contributed by atoms with Crippen molar-refractivity contribution in [1.82, 2.24) is 15.8 Å². The molecule has 2 N–H and O–H groups in total. The Balaban J connectivity index is 1.46. The molecule has 0 saturated heterocycles. The first-order chi connectivity index (χ1) is 13.5. The number of benzene rings is 2. The lowest BCUT2D eigenvalue weighted by Gasteiger charge is -2.04. The zero-order valence-electron chi connectivity index (χ0n) is 14.7. The SMILES string of the molecule is Cc1nc(-c2ccccc2)sc1C(=O)NNC(=O)c1cc2cc(Cl)ccc2o1. The van der Waals surface area contributed by atoms with Gasteiger partial charge in [-0.25, -0.2) is 4.98 Å². The number of furan rings is 1. The van der Waals surface area contributed by atoms with Crippen LogP contribution >= 0.6 is 22.9 Å². The molecule has 0 spiro atoms. The number of aryl methyl sites for hydroxylation is 1. The van der Waals surface area contributed by atoms with E-state index in [1.807, 2.05) is 30.3 Å². The summed E-state index contributed by atoms with van der Waals surface area (Å²) in [4.78, 5) is 29.6. The molecule has 0 radical (unpaired) electrons. The van der Waals surface area contributed by atoms with Crippen LogP contribution in [0.2, 0.25) is 5.02 Å². The molecule has 28 heavy (non-hydrogen) atoms. The first-order valence-electron chi connectivity index (χ1n) is 8.34. The molecule has 2 heterocycles. The van der Waals surface area contributed by atoms with E-state index < -0.39 is 11.8 Å². The summed E-state index contributed by atoms with van der Waals surface area (Å²) in [6.45, 7) is 1.75. The Morgan fingerprint density at radius 1 is 1.04 bits per heavy atom. The molecule has 2 aromatic heterocycles. The Hall–Kier alpha value is -3.16. The monoisotopic (exact) mass is 411 g/mol. The van der Waals surface area contributed by atoms with Crippen molar-refractivity contribution < 1.29 is 14.0 Å². The van der Waals surface area contributed by atoms with Crippen molar-refractivity contribution in [2.45, 2.75) is 6.92 Å². The molecule has 2 amide bonds. The van der Waals surface area contributed by atoms with Gasteiger partial charge in [0.05, 0.1) is 5.69 Å². The van der Waals surface area contributed by atoms with Crippen LogP contribution in [0.25, 0.3) is 21.5 Å². The van der Waals surface area contributed by atoms with Gasteiger partial charge < -0.3 is 4.42 Å². The molecule has 0 aliphatic rings. The van der Waals surface area contributed by atoms with Crippen molar-refractivity contribution in [3.05, 3.63) is 76.0 Å². The predicted molar refractivity (Wildman–Crippen MR) is 108 cm³/mol. The Morgan fingerprint density at radius 3 is 2.57 bits per heavy atom. The molecule has 8 heteroatoms. The van der Waals surface area contributed by atoms with Crippen LogP contribution in [0.15, 0.2) is 59.0 Å². The largest absolute Gasteiger partial charge is 0.451 e. The number of fused-ring (bicyclic) bond motifs is 1. The van der Waals surface area contributed by atoms with Gasteiger partial charge >= 0.3 is 5.91 Å². The molecule has 2 aromatic carbocycles. The van der Waals surface area contributed by atoms with Gasteiger partial charge in [-0.05, 0) is 31.2 Å². The van der Waals surface area contributed by atoms with Crippen LogP contribution in [0.3, 0.4) is 0 Å². The summed E-state index contributed by atoms with van der Waals surface area (Å²) in [5.41, 5.74) is 6.82. The van der Waals surface area contributed by atoms with Crippen molar-refractivity contribution in [3.63, 3.8) is 0 Å². The summed E-state index contributed by atoms with van der Waals surface area (Å²) >= 11 is 7.20. The lowest BCUT2D eigenvalue weighted by Crippen LogP contribution is -2.41.